The second-order valence-corrected chi connectivity index (χ2v) is 9.25. The summed E-state index contributed by atoms with van der Waals surface area (Å²) in [6.45, 7) is 2.21. The molecular weight excluding hydrogens is 420 g/mol. The Morgan fingerprint density at radius 1 is 0.853 bits per heavy atom. The summed E-state index contributed by atoms with van der Waals surface area (Å²) >= 11 is 0. The van der Waals surface area contributed by atoms with Crippen LogP contribution in [0.3, 0.4) is 0 Å². The fourth-order valence-corrected chi connectivity index (χ4v) is 4.98. The minimum atomic E-state index is -0.0229. The van der Waals surface area contributed by atoms with Gasteiger partial charge in [-0.1, -0.05) is 66.7 Å². The molecule has 4 heteroatoms. The van der Waals surface area contributed by atoms with E-state index in [1.807, 2.05) is 12.3 Å². The maximum absolute atomic E-state index is 13.0. The molecule has 3 aromatic carbocycles. The van der Waals surface area contributed by atoms with Gasteiger partial charge in [-0.05, 0) is 60.2 Å². The van der Waals surface area contributed by atoms with Gasteiger partial charge in [-0.3, -0.25) is 4.79 Å². The number of ether oxygens (including phenoxy) is 1. The molecule has 5 rings (SSSR count). The molecule has 174 valence electrons. The quantitative estimate of drug-likeness (QED) is 0.378. The van der Waals surface area contributed by atoms with Crippen molar-refractivity contribution in [3.8, 4) is 0 Å². The van der Waals surface area contributed by atoms with E-state index < -0.39 is 0 Å². The van der Waals surface area contributed by atoms with Gasteiger partial charge in [-0.25, -0.2) is 0 Å². The van der Waals surface area contributed by atoms with Gasteiger partial charge < -0.3 is 15.0 Å². The molecule has 2 unspecified atom stereocenters. The van der Waals surface area contributed by atoms with Gasteiger partial charge in [0.1, 0.15) is 0 Å². The Kier molecular flexibility index (Phi) is 7.18. The number of benzene rings is 3. The van der Waals surface area contributed by atoms with Crippen LogP contribution in [-0.2, 0) is 24.2 Å². The normalized spacial score (nSPS) is 18.2. The zero-order valence-electron chi connectivity index (χ0n) is 19.5. The minimum absolute atomic E-state index is 0.0229. The summed E-state index contributed by atoms with van der Waals surface area (Å²) in [6.07, 6.45) is 5.72. The SMILES string of the molecule is O=c1cc(CCCc2ccccc2)[nH]cc1C1CCNCC1OCc1ccc2ccccc2c1. The Balaban J connectivity index is 1.23. The van der Waals surface area contributed by atoms with Crippen molar-refractivity contribution in [1.29, 1.82) is 0 Å². The molecule has 2 heterocycles. The van der Waals surface area contributed by atoms with E-state index in [2.05, 4.69) is 77.0 Å². The standard InChI is InChI=1S/C30H32N2O2/c33-29-18-26(12-6-9-22-7-2-1-3-8-22)32-19-28(29)27-15-16-31-20-30(27)34-21-23-13-14-24-10-4-5-11-25(24)17-23/h1-5,7-8,10-11,13-14,17-19,27,30-31H,6,9,12,15-16,20-21H2,(H,32,33). The largest absolute Gasteiger partial charge is 0.372 e. The third-order valence-corrected chi connectivity index (χ3v) is 6.86. The molecule has 0 radical (unpaired) electrons. The van der Waals surface area contributed by atoms with Crippen LogP contribution in [0.5, 0.6) is 0 Å². The number of pyridine rings is 1. The highest BCUT2D eigenvalue weighted by atomic mass is 16.5. The van der Waals surface area contributed by atoms with Gasteiger partial charge in [-0.2, -0.15) is 0 Å². The lowest BCUT2D eigenvalue weighted by Crippen LogP contribution is -2.42. The highest BCUT2D eigenvalue weighted by Crippen LogP contribution is 2.27. The number of hydrogen-bond acceptors (Lipinski definition) is 3. The summed E-state index contributed by atoms with van der Waals surface area (Å²) in [7, 11) is 0. The lowest BCUT2D eigenvalue weighted by atomic mass is 9.88. The molecule has 1 saturated heterocycles. The van der Waals surface area contributed by atoms with Crippen molar-refractivity contribution in [2.75, 3.05) is 13.1 Å². The molecule has 2 N–H and O–H groups in total. The monoisotopic (exact) mass is 452 g/mol. The third kappa shape index (κ3) is 5.46. The lowest BCUT2D eigenvalue weighted by molar-refractivity contribution is 0.0104. The van der Waals surface area contributed by atoms with Crippen molar-refractivity contribution in [3.63, 3.8) is 0 Å². The second-order valence-electron chi connectivity index (χ2n) is 9.25. The zero-order chi connectivity index (χ0) is 23.2. The maximum Gasteiger partial charge on any atom is 0.185 e. The predicted octanol–water partition coefficient (Wildman–Crippen LogP) is 5.37. The zero-order valence-corrected chi connectivity index (χ0v) is 19.5. The molecule has 1 aliphatic heterocycles. The summed E-state index contributed by atoms with van der Waals surface area (Å²) in [4.78, 5) is 16.4. The van der Waals surface area contributed by atoms with Crippen LogP contribution in [0.2, 0.25) is 0 Å². The van der Waals surface area contributed by atoms with Gasteiger partial charge >= 0.3 is 0 Å². The first-order chi connectivity index (χ1) is 16.8. The summed E-state index contributed by atoms with van der Waals surface area (Å²) in [5, 5.41) is 5.90. The van der Waals surface area contributed by atoms with E-state index in [1.54, 1.807) is 6.07 Å². The molecule has 1 fully saturated rings. The topological polar surface area (TPSA) is 54.1 Å². The van der Waals surface area contributed by atoms with Crippen molar-refractivity contribution < 1.29 is 4.74 Å². The van der Waals surface area contributed by atoms with E-state index in [4.69, 9.17) is 4.74 Å². The molecule has 1 aliphatic rings. The number of aryl methyl sites for hydroxylation is 2. The molecular formula is C30H32N2O2. The Hall–Kier alpha value is -3.21. The highest BCUT2D eigenvalue weighted by molar-refractivity contribution is 5.82. The van der Waals surface area contributed by atoms with Crippen molar-refractivity contribution in [2.45, 2.75) is 44.3 Å². The van der Waals surface area contributed by atoms with Crippen molar-refractivity contribution in [2.24, 2.45) is 0 Å². The van der Waals surface area contributed by atoms with Crippen LogP contribution >= 0.6 is 0 Å². The molecule has 0 aliphatic carbocycles. The fraction of sp³-hybridized carbons (Fsp3) is 0.300. The van der Waals surface area contributed by atoms with Crippen molar-refractivity contribution >= 4 is 10.8 Å². The average molecular weight is 453 g/mol. The fourth-order valence-electron chi connectivity index (χ4n) is 4.98. The van der Waals surface area contributed by atoms with Crippen LogP contribution in [0.15, 0.2) is 89.9 Å². The van der Waals surface area contributed by atoms with Gasteiger partial charge in [0.2, 0.25) is 0 Å². The molecule has 4 aromatic rings. The Morgan fingerprint density at radius 3 is 2.53 bits per heavy atom. The van der Waals surface area contributed by atoms with Crippen LogP contribution in [0.4, 0.5) is 0 Å². The molecule has 0 bridgehead atoms. The highest BCUT2D eigenvalue weighted by Gasteiger charge is 2.29. The number of aromatic nitrogens is 1. The number of nitrogens with one attached hydrogen (secondary N) is 2. The first-order valence-electron chi connectivity index (χ1n) is 12.3. The van der Waals surface area contributed by atoms with E-state index in [0.29, 0.717) is 6.61 Å². The van der Waals surface area contributed by atoms with E-state index in [0.717, 1.165) is 55.6 Å². The molecule has 0 spiro atoms. The van der Waals surface area contributed by atoms with Crippen LogP contribution in [0, 0.1) is 0 Å². The second kappa shape index (κ2) is 10.8. The summed E-state index contributed by atoms with van der Waals surface area (Å²) in [5.41, 5.74) is 4.47. The molecule has 34 heavy (non-hydrogen) atoms. The van der Waals surface area contributed by atoms with Crippen molar-refractivity contribution in [1.82, 2.24) is 10.3 Å². The number of hydrogen-bond donors (Lipinski definition) is 2. The molecule has 0 amide bonds. The van der Waals surface area contributed by atoms with Crippen LogP contribution < -0.4 is 10.7 Å². The third-order valence-electron chi connectivity index (χ3n) is 6.86. The Morgan fingerprint density at radius 2 is 1.68 bits per heavy atom. The minimum Gasteiger partial charge on any atom is -0.372 e. The maximum atomic E-state index is 13.0. The molecule has 2 atom stereocenters. The Labute approximate surface area is 201 Å². The number of H-pyrrole nitrogens is 1. The smallest absolute Gasteiger partial charge is 0.185 e. The summed E-state index contributed by atoms with van der Waals surface area (Å²) in [6, 6.07) is 27.1. The van der Waals surface area contributed by atoms with Crippen LogP contribution in [-0.4, -0.2) is 24.2 Å². The molecule has 1 aromatic heterocycles. The molecule has 4 nitrogen and oxygen atoms in total. The molecule has 0 saturated carbocycles. The Bertz CT molecular complexity index is 1280. The number of aromatic amines is 1. The van der Waals surface area contributed by atoms with E-state index in [1.165, 1.54) is 16.3 Å². The number of fused-ring (bicyclic) bond motifs is 1. The van der Waals surface area contributed by atoms with Gasteiger partial charge in [0.25, 0.3) is 0 Å². The van der Waals surface area contributed by atoms with Crippen LogP contribution in [0.1, 0.15) is 41.1 Å². The van der Waals surface area contributed by atoms with Gasteiger partial charge in [-0.15, -0.1) is 0 Å². The summed E-state index contributed by atoms with van der Waals surface area (Å²) in [5.74, 6) is 0.101. The first kappa shape index (κ1) is 22.6. The predicted molar refractivity (Wildman–Crippen MR) is 138 cm³/mol. The lowest BCUT2D eigenvalue weighted by Gasteiger charge is -2.32. The van der Waals surface area contributed by atoms with Crippen molar-refractivity contribution in [3.05, 3.63) is 118 Å². The number of piperidine rings is 1. The van der Waals surface area contributed by atoms with Gasteiger partial charge in [0, 0.05) is 36.0 Å². The van der Waals surface area contributed by atoms with Crippen LogP contribution in [0.25, 0.3) is 10.8 Å². The first-order valence-corrected chi connectivity index (χ1v) is 12.3. The summed E-state index contributed by atoms with van der Waals surface area (Å²) < 4.78 is 6.37. The van der Waals surface area contributed by atoms with E-state index in [-0.39, 0.29) is 17.5 Å². The van der Waals surface area contributed by atoms with E-state index >= 15 is 0 Å². The van der Waals surface area contributed by atoms with Gasteiger partial charge in [0.05, 0.1) is 12.7 Å². The number of rotatable bonds is 8. The van der Waals surface area contributed by atoms with Gasteiger partial charge in [0.15, 0.2) is 5.43 Å². The van der Waals surface area contributed by atoms with E-state index in [9.17, 15) is 4.79 Å². The average Bonchev–Trinajstić information content (AvgIpc) is 2.88.